The van der Waals surface area contributed by atoms with Gasteiger partial charge < -0.3 is 9.30 Å². The molecule has 37 heavy (non-hydrogen) atoms. The van der Waals surface area contributed by atoms with Crippen LogP contribution in [0.1, 0.15) is 71.7 Å². The third-order valence-corrected chi connectivity index (χ3v) is 7.57. The fourth-order valence-corrected chi connectivity index (χ4v) is 5.58. The van der Waals surface area contributed by atoms with Gasteiger partial charge in [0.1, 0.15) is 11.5 Å². The lowest BCUT2D eigenvalue weighted by Crippen LogP contribution is -2.24. The maximum absolute atomic E-state index is 11.7. The van der Waals surface area contributed by atoms with Crippen molar-refractivity contribution in [1.82, 2.24) is 29.7 Å². The third-order valence-electron chi connectivity index (χ3n) is 7.36. The number of hydrogen-bond donors (Lipinski definition) is 1. The molecule has 10 heteroatoms. The molecule has 0 amide bonds. The predicted octanol–water partition coefficient (Wildman–Crippen LogP) is 6.26. The van der Waals surface area contributed by atoms with E-state index in [1.165, 1.54) is 25.7 Å². The van der Waals surface area contributed by atoms with Gasteiger partial charge in [-0.3, -0.25) is 14.5 Å². The van der Waals surface area contributed by atoms with Crippen molar-refractivity contribution in [2.75, 3.05) is 13.7 Å². The van der Waals surface area contributed by atoms with E-state index in [-0.39, 0.29) is 25.2 Å². The van der Waals surface area contributed by atoms with Gasteiger partial charge in [-0.25, -0.2) is 14.8 Å². The largest absolute Gasteiger partial charge is 0.439 e. The minimum absolute atomic E-state index is 0. The lowest BCUT2D eigenvalue weighted by molar-refractivity contribution is 0.176. The molecule has 4 aromatic heterocycles. The van der Waals surface area contributed by atoms with E-state index in [0.29, 0.717) is 28.9 Å². The number of pyridine rings is 2. The van der Waals surface area contributed by atoms with Crippen molar-refractivity contribution in [3.05, 3.63) is 45.9 Å². The molecule has 5 rings (SSSR count). The Kier molecular flexibility index (Phi) is 8.14. The third kappa shape index (κ3) is 5.33. The Balaban J connectivity index is 0.00000320. The highest BCUT2D eigenvalue weighted by molar-refractivity contribution is 6.30. The molecule has 9 nitrogen and oxygen atoms in total. The number of aromatic amines is 1. The maximum Gasteiger partial charge on any atom is 0.439 e. The number of methoxy groups -OCH3 is 1. The van der Waals surface area contributed by atoms with Crippen LogP contribution in [0.15, 0.2) is 33.8 Å². The van der Waals surface area contributed by atoms with E-state index in [4.69, 9.17) is 30.8 Å². The molecular formula is C27H35ClN6O3. The van der Waals surface area contributed by atoms with E-state index < -0.39 is 5.76 Å². The fourth-order valence-electron chi connectivity index (χ4n) is 5.41. The monoisotopic (exact) mass is 526 g/mol. The van der Waals surface area contributed by atoms with Gasteiger partial charge in [-0.1, -0.05) is 50.9 Å². The van der Waals surface area contributed by atoms with Gasteiger partial charge in [0.2, 0.25) is 5.82 Å². The van der Waals surface area contributed by atoms with E-state index in [1.807, 2.05) is 12.1 Å². The van der Waals surface area contributed by atoms with Gasteiger partial charge in [0.25, 0.3) is 0 Å². The van der Waals surface area contributed by atoms with Crippen molar-refractivity contribution in [3.8, 4) is 22.8 Å². The van der Waals surface area contributed by atoms with Gasteiger partial charge >= 0.3 is 5.76 Å². The summed E-state index contributed by atoms with van der Waals surface area (Å²) in [6.07, 6.45) is 8.16. The highest BCUT2D eigenvalue weighted by Gasteiger charge is 2.30. The first kappa shape index (κ1) is 27.0. The summed E-state index contributed by atoms with van der Waals surface area (Å²) in [6.45, 7) is 7.29. The highest BCUT2D eigenvalue weighted by Crippen LogP contribution is 2.41. The summed E-state index contributed by atoms with van der Waals surface area (Å²) in [7, 11) is 1.71. The second-order valence-electron chi connectivity index (χ2n) is 10.0. The Morgan fingerprint density at radius 3 is 2.59 bits per heavy atom. The van der Waals surface area contributed by atoms with Crippen LogP contribution in [0.5, 0.6) is 0 Å². The molecule has 1 N–H and O–H groups in total. The zero-order chi connectivity index (χ0) is 25.4. The van der Waals surface area contributed by atoms with Crippen LogP contribution in [0.4, 0.5) is 0 Å². The molecule has 1 fully saturated rings. The molecule has 0 aliphatic heterocycles. The van der Waals surface area contributed by atoms with Gasteiger partial charge in [0.15, 0.2) is 0 Å². The Morgan fingerprint density at radius 2 is 1.95 bits per heavy atom. The molecule has 1 saturated carbocycles. The zero-order valence-corrected chi connectivity index (χ0v) is 21.7. The zero-order valence-electron chi connectivity index (χ0n) is 21.0. The molecule has 0 aromatic carbocycles. The van der Waals surface area contributed by atoms with Crippen LogP contribution in [0, 0.1) is 11.8 Å². The van der Waals surface area contributed by atoms with E-state index in [1.54, 1.807) is 19.5 Å². The van der Waals surface area contributed by atoms with Crippen LogP contribution in [-0.2, 0) is 4.74 Å². The number of aromatic nitrogens is 6. The first-order valence-corrected chi connectivity index (χ1v) is 12.8. The molecule has 0 saturated heterocycles. The lowest BCUT2D eigenvalue weighted by Gasteiger charge is -2.33. The summed E-state index contributed by atoms with van der Waals surface area (Å²) < 4.78 is 12.6. The number of rotatable bonds is 7. The summed E-state index contributed by atoms with van der Waals surface area (Å²) in [5.41, 5.74) is 3.57. The number of halogens is 1. The summed E-state index contributed by atoms with van der Waals surface area (Å²) in [5, 5.41) is 4.36. The summed E-state index contributed by atoms with van der Waals surface area (Å²) >= 11 is 6.34. The molecule has 198 valence electrons. The summed E-state index contributed by atoms with van der Waals surface area (Å²) in [5.74, 6) is 1.91. The second kappa shape index (κ2) is 11.1. The second-order valence-corrected chi connectivity index (χ2v) is 10.5. The topological polar surface area (TPSA) is 112 Å². The van der Waals surface area contributed by atoms with Crippen molar-refractivity contribution in [2.45, 2.75) is 65.8 Å². The van der Waals surface area contributed by atoms with Gasteiger partial charge in [-0.15, -0.1) is 0 Å². The van der Waals surface area contributed by atoms with E-state index in [0.717, 1.165) is 28.3 Å². The first-order chi connectivity index (χ1) is 17.4. The SMILES string of the molecule is C.COCC(C)c1nc2cc(-c3noc(=O)[nH]3)nc(-c3cncc(Cl)c3)c2n1C(C)C1CCC(C)CC1. The van der Waals surface area contributed by atoms with Crippen LogP contribution in [0.2, 0.25) is 5.02 Å². The van der Waals surface area contributed by atoms with Crippen LogP contribution in [0.3, 0.4) is 0 Å². The molecule has 4 aromatic rings. The average molecular weight is 527 g/mol. The Hall–Kier alpha value is -3.04. The van der Waals surface area contributed by atoms with Crippen molar-refractivity contribution >= 4 is 22.6 Å². The number of H-pyrrole nitrogens is 1. The molecule has 0 radical (unpaired) electrons. The van der Waals surface area contributed by atoms with E-state index in [9.17, 15) is 4.79 Å². The van der Waals surface area contributed by atoms with Crippen LogP contribution in [0.25, 0.3) is 33.8 Å². The minimum atomic E-state index is -0.641. The summed E-state index contributed by atoms with van der Waals surface area (Å²) in [6, 6.07) is 3.90. The Labute approximate surface area is 221 Å². The van der Waals surface area contributed by atoms with Crippen molar-refractivity contribution < 1.29 is 9.26 Å². The average Bonchev–Trinajstić information content (AvgIpc) is 3.47. The van der Waals surface area contributed by atoms with E-state index >= 15 is 0 Å². The maximum atomic E-state index is 11.7. The molecule has 1 aliphatic carbocycles. The van der Waals surface area contributed by atoms with Gasteiger partial charge in [0, 0.05) is 37.0 Å². The Morgan fingerprint density at radius 1 is 1.19 bits per heavy atom. The van der Waals surface area contributed by atoms with Crippen molar-refractivity contribution in [1.29, 1.82) is 0 Å². The number of fused-ring (bicyclic) bond motifs is 1. The Bertz CT molecular complexity index is 1420. The molecule has 2 atom stereocenters. The fraction of sp³-hybridized carbons (Fsp3) is 0.519. The first-order valence-electron chi connectivity index (χ1n) is 12.4. The lowest BCUT2D eigenvalue weighted by atomic mass is 9.79. The molecular weight excluding hydrogens is 492 g/mol. The number of nitrogens with zero attached hydrogens (tertiary/aromatic N) is 5. The number of hydrogen-bond acceptors (Lipinski definition) is 7. The standard InChI is InChI=1S/C26H31ClN6O3.CH4/c1-14-5-7-17(8-6-14)16(3)33-23-20(30-25(33)15(2)13-35-4)10-21(24-31-26(34)36-32-24)29-22(23)18-9-19(27)12-28-11-18;/h9-12,14-17H,5-8,13H2,1-4H3,(H,31,32,34);1H4. The van der Waals surface area contributed by atoms with Gasteiger partial charge in [0.05, 0.1) is 28.4 Å². The summed E-state index contributed by atoms with van der Waals surface area (Å²) in [4.78, 5) is 28.6. The number of imidazole rings is 1. The predicted molar refractivity (Wildman–Crippen MR) is 145 cm³/mol. The molecule has 2 unspecified atom stereocenters. The number of nitrogens with one attached hydrogen (secondary N) is 1. The van der Waals surface area contributed by atoms with Crippen LogP contribution < -0.4 is 5.76 Å². The van der Waals surface area contributed by atoms with E-state index in [2.05, 4.69) is 40.5 Å². The highest BCUT2D eigenvalue weighted by atomic mass is 35.5. The normalized spacial score (nSPS) is 19.5. The van der Waals surface area contributed by atoms with Crippen LogP contribution in [-0.4, -0.2) is 43.4 Å². The van der Waals surface area contributed by atoms with Crippen molar-refractivity contribution in [2.24, 2.45) is 11.8 Å². The molecule has 0 spiro atoms. The number of ether oxygens (including phenoxy) is 1. The van der Waals surface area contributed by atoms with Crippen molar-refractivity contribution in [3.63, 3.8) is 0 Å². The minimum Gasteiger partial charge on any atom is -0.384 e. The molecule has 0 bridgehead atoms. The quantitative estimate of drug-likeness (QED) is 0.302. The molecule has 1 aliphatic rings. The van der Waals surface area contributed by atoms with Gasteiger partial charge in [-0.05, 0) is 43.7 Å². The van der Waals surface area contributed by atoms with Crippen LogP contribution >= 0.6 is 11.6 Å². The molecule has 4 heterocycles. The van der Waals surface area contributed by atoms with Gasteiger partial charge in [-0.2, -0.15) is 0 Å². The smallest absolute Gasteiger partial charge is 0.384 e.